The van der Waals surface area contributed by atoms with Crippen LogP contribution in [0.3, 0.4) is 0 Å². The summed E-state index contributed by atoms with van der Waals surface area (Å²) in [6.07, 6.45) is 3.41. The van der Waals surface area contributed by atoms with Gasteiger partial charge in [-0.25, -0.2) is 0 Å². The van der Waals surface area contributed by atoms with E-state index in [-0.39, 0.29) is 0 Å². The zero-order chi connectivity index (χ0) is 13.2. The van der Waals surface area contributed by atoms with E-state index in [1.165, 1.54) is 22.3 Å². The predicted octanol–water partition coefficient (Wildman–Crippen LogP) is 2.99. The minimum absolute atomic E-state index is 0.626. The zero-order valence-corrected chi connectivity index (χ0v) is 11.4. The summed E-state index contributed by atoms with van der Waals surface area (Å²) in [7, 11) is 0. The molecule has 0 heterocycles. The lowest BCUT2D eigenvalue weighted by Gasteiger charge is -2.22. The van der Waals surface area contributed by atoms with Gasteiger partial charge in [0.05, 0.1) is 0 Å². The summed E-state index contributed by atoms with van der Waals surface area (Å²) in [5.41, 5.74) is 6.23. The molecule has 1 atom stereocenters. The Bertz CT molecular complexity index is 567. The van der Waals surface area contributed by atoms with Crippen molar-refractivity contribution in [3.8, 4) is 0 Å². The van der Waals surface area contributed by atoms with Gasteiger partial charge >= 0.3 is 0 Å². The van der Waals surface area contributed by atoms with Crippen LogP contribution in [0.2, 0.25) is 0 Å². The van der Waals surface area contributed by atoms with Gasteiger partial charge in [-0.15, -0.1) is 6.10 Å². The molecule has 0 aliphatic heterocycles. The highest BCUT2D eigenvalue weighted by molar-refractivity contribution is 5.36. The van der Waals surface area contributed by atoms with Gasteiger partial charge in [0.2, 0.25) is 0 Å². The Hall–Kier alpha value is -1.60. The Morgan fingerprint density at radius 1 is 0.789 bits per heavy atom. The minimum Gasteiger partial charge on any atom is -0.849 e. The molecule has 0 amide bonds. The largest absolute Gasteiger partial charge is 0.849 e. The molecule has 0 saturated heterocycles. The molecule has 0 fully saturated rings. The van der Waals surface area contributed by atoms with E-state index in [2.05, 4.69) is 42.5 Å². The summed E-state index contributed by atoms with van der Waals surface area (Å²) < 4.78 is 0. The van der Waals surface area contributed by atoms with Crippen molar-refractivity contribution in [2.45, 2.75) is 38.7 Å². The van der Waals surface area contributed by atoms with Gasteiger partial charge in [-0.05, 0) is 47.9 Å². The van der Waals surface area contributed by atoms with E-state index in [4.69, 9.17) is 0 Å². The van der Waals surface area contributed by atoms with Gasteiger partial charge in [-0.1, -0.05) is 55.0 Å². The fourth-order valence-electron chi connectivity index (χ4n) is 2.85. The molecule has 4 aliphatic carbocycles. The third kappa shape index (κ3) is 2.71. The molecule has 0 saturated carbocycles. The monoisotopic (exact) mass is 251 g/mol. The van der Waals surface area contributed by atoms with Crippen molar-refractivity contribution < 1.29 is 5.11 Å². The summed E-state index contributed by atoms with van der Waals surface area (Å²) in [5, 5.41) is 11.9. The summed E-state index contributed by atoms with van der Waals surface area (Å²) in [5.74, 6) is 0. The second-order valence-corrected chi connectivity index (χ2v) is 5.49. The molecule has 0 radical (unpaired) electrons. The Kier molecular flexibility index (Phi) is 3.39. The highest BCUT2D eigenvalue weighted by atomic mass is 16.3. The van der Waals surface area contributed by atoms with Gasteiger partial charge in [0.15, 0.2) is 0 Å². The SMILES string of the molecule is CC([O-])c1cc2ccc1CCc1ccc(cc1)CC2. The highest BCUT2D eigenvalue weighted by Gasteiger charge is 2.07. The molecule has 4 bridgehead atoms. The molecule has 1 unspecified atom stereocenters. The second kappa shape index (κ2) is 5.18. The van der Waals surface area contributed by atoms with Crippen molar-refractivity contribution in [3.63, 3.8) is 0 Å². The van der Waals surface area contributed by atoms with Crippen molar-refractivity contribution in [3.05, 3.63) is 70.3 Å². The first kappa shape index (κ1) is 12.4. The molecule has 19 heavy (non-hydrogen) atoms. The molecular weight excluding hydrogens is 232 g/mol. The van der Waals surface area contributed by atoms with E-state index in [1.54, 1.807) is 6.92 Å². The van der Waals surface area contributed by atoms with Crippen molar-refractivity contribution in [2.75, 3.05) is 0 Å². The van der Waals surface area contributed by atoms with Crippen molar-refractivity contribution in [1.29, 1.82) is 0 Å². The topological polar surface area (TPSA) is 23.1 Å². The first-order chi connectivity index (χ1) is 9.22. The van der Waals surface area contributed by atoms with Gasteiger partial charge in [0, 0.05) is 0 Å². The van der Waals surface area contributed by atoms with Gasteiger partial charge in [-0.2, -0.15) is 0 Å². The molecule has 6 rings (SSSR count). The van der Waals surface area contributed by atoms with Gasteiger partial charge in [0.1, 0.15) is 0 Å². The third-order valence-electron chi connectivity index (χ3n) is 4.06. The number of benzene rings is 2. The molecule has 2 aromatic rings. The number of rotatable bonds is 1. The number of aryl methyl sites for hydroxylation is 4. The normalized spacial score (nSPS) is 15.9. The molecule has 1 heteroatoms. The maximum absolute atomic E-state index is 11.9. The number of hydrogen-bond donors (Lipinski definition) is 0. The molecule has 2 aromatic carbocycles. The van der Waals surface area contributed by atoms with Gasteiger partial charge < -0.3 is 5.11 Å². The van der Waals surface area contributed by atoms with Crippen LogP contribution in [-0.2, 0) is 25.7 Å². The Labute approximate surface area is 114 Å². The molecule has 0 N–H and O–H groups in total. The predicted molar refractivity (Wildman–Crippen MR) is 76.1 cm³/mol. The van der Waals surface area contributed by atoms with Crippen LogP contribution >= 0.6 is 0 Å². The average molecular weight is 251 g/mol. The van der Waals surface area contributed by atoms with E-state index in [0.29, 0.717) is 0 Å². The zero-order valence-electron chi connectivity index (χ0n) is 11.4. The smallest absolute Gasteiger partial charge is 0.0236 e. The lowest BCUT2D eigenvalue weighted by atomic mass is 9.92. The summed E-state index contributed by atoms with van der Waals surface area (Å²) in [4.78, 5) is 0. The minimum atomic E-state index is -0.626. The quantitative estimate of drug-likeness (QED) is 0.764. The summed E-state index contributed by atoms with van der Waals surface area (Å²) >= 11 is 0. The lowest BCUT2D eigenvalue weighted by molar-refractivity contribution is -0.420. The van der Waals surface area contributed by atoms with Gasteiger partial charge in [0.25, 0.3) is 0 Å². The molecule has 98 valence electrons. The fourth-order valence-corrected chi connectivity index (χ4v) is 2.85. The lowest BCUT2D eigenvalue weighted by Crippen LogP contribution is -2.14. The van der Waals surface area contributed by atoms with Crippen LogP contribution in [0.4, 0.5) is 0 Å². The van der Waals surface area contributed by atoms with Gasteiger partial charge in [-0.3, -0.25) is 0 Å². The van der Waals surface area contributed by atoms with Crippen LogP contribution in [0.25, 0.3) is 0 Å². The fraction of sp³-hybridized carbons (Fsp3) is 0.333. The van der Waals surface area contributed by atoms with Crippen molar-refractivity contribution in [1.82, 2.24) is 0 Å². The molecular formula is C18H19O-. The van der Waals surface area contributed by atoms with Crippen LogP contribution in [-0.4, -0.2) is 0 Å². The molecule has 4 aliphatic rings. The summed E-state index contributed by atoms with van der Waals surface area (Å²) in [6.45, 7) is 1.75. The third-order valence-corrected chi connectivity index (χ3v) is 4.06. The van der Waals surface area contributed by atoms with Crippen molar-refractivity contribution in [2.24, 2.45) is 0 Å². The Balaban J connectivity index is 2.01. The van der Waals surface area contributed by atoms with E-state index in [1.807, 2.05) is 0 Å². The van der Waals surface area contributed by atoms with E-state index < -0.39 is 6.10 Å². The number of hydrogen-bond acceptors (Lipinski definition) is 1. The first-order valence-electron chi connectivity index (χ1n) is 7.08. The summed E-state index contributed by atoms with van der Waals surface area (Å²) in [6, 6.07) is 15.4. The first-order valence-corrected chi connectivity index (χ1v) is 7.08. The second-order valence-electron chi connectivity index (χ2n) is 5.49. The molecule has 1 nitrogen and oxygen atoms in total. The maximum Gasteiger partial charge on any atom is -0.0236 e. The standard InChI is InChI=1S/C18H19O/c1-13(19)18-12-16-7-6-14-2-4-15(5-3-14)8-10-17(18)11-9-16/h2-5,9,11-13H,6-8,10H2,1H3/q-1. The van der Waals surface area contributed by atoms with Crippen LogP contribution in [0.5, 0.6) is 0 Å². The van der Waals surface area contributed by atoms with E-state index in [0.717, 1.165) is 31.2 Å². The van der Waals surface area contributed by atoms with E-state index in [9.17, 15) is 5.11 Å². The Morgan fingerprint density at radius 3 is 1.95 bits per heavy atom. The molecule has 0 spiro atoms. The van der Waals surface area contributed by atoms with Crippen LogP contribution in [0.1, 0.15) is 40.8 Å². The van der Waals surface area contributed by atoms with Crippen LogP contribution in [0, 0.1) is 0 Å². The maximum atomic E-state index is 11.9. The molecule has 0 aromatic heterocycles. The van der Waals surface area contributed by atoms with Crippen molar-refractivity contribution >= 4 is 0 Å². The Morgan fingerprint density at radius 2 is 1.32 bits per heavy atom. The average Bonchev–Trinajstić information content (AvgIpc) is 2.41. The van der Waals surface area contributed by atoms with Crippen LogP contribution in [0.15, 0.2) is 42.5 Å². The highest BCUT2D eigenvalue weighted by Crippen LogP contribution is 2.22. The van der Waals surface area contributed by atoms with E-state index >= 15 is 0 Å². The van der Waals surface area contributed by atoms with Crippen LogP contribution < -0.4 is 5.11 Å².